The molecule has 9 heteroatoms. The SMILES string of the molecule is Cn1cc([C@@H](NC(=O)CCn2ccc(=O)[nH]c2=O)C2CC(O)C2)cn1. The van der Waals surface area contributed by atoms with E-state index in [9.17, 15) is 19.5 Å². The van der Waals surface area contributed by atoms with Gasteiger partial charge in [-0.3, -0.25) is 19.3 Å². The molecule has 0 aliphatic heterocycles. The molecule has 1 saturated carbocycles. The smallest absolute Gasteiger partial charge is 0.328 e. The van der Waals surface area contributed by atoms with Crippen LogP contribution in [0.2, 0.25) is 0 Å². The van der Waals surface area contributed by atoms with Gasteiger partial charge in [-0.2, -0.15) is 5.10 Å². The number of amides is 1. The average molecular weight is 347 g/mol. The minimum atomic E-state index is -0.536. The number of hydrogen-bond donors (Lipinski definition) is 3. The second kappa shape index (κ2) is 7.06. The lowest BCUT2D eigenvalue weighted by Gasteiger charge is -2.37. The van der Waals surface area contributed by atoms with Crippen LogP contribution in [0.5, 0.6) is 0 Å². The molecule has 134 valence electrons. The molecule has 0 unspecified atom stereocenters. The van der Waals surface area contributed by atoms with Crippen molar-refractivity contribution in [3.8, 4) is 0 Å². The fourth-order valence-corrected chi connectivity index (χ4v) is 3.06. The summed E-state index contributed by atoms with van der Waals surface area (Å²) in [4.78, 5) is 37.2. The Morgan fingerprint density at radius 3 is 2.84 bits per heavy atom. The number of carbonyl (C=O) groups excluding carboxylic acids is 1. The van der Waals surface area contributed by atoms with Crippen molar-refractivity contribution >= 4 is 5.91 Å². The zero-order valence-corrected chi connectivity index (χ0v) is 13.9. The van der Waals surface area contributed by atoms with Gasteiger partial charge in [0, 0.05) is 44.0 Å². The first-order valence-corrected chi connectivity index (χ1v) is 8.18. The van der Waals surface area contributed by atoms with Crippen molar-refractivity contribution < 1.29 is 9.90 Å². The summed E-state index contributed by atoms with van der Waals surface area (Å²) >= 11 is 0. The number of nitrogens with one attached hydrogen (secondary N) is 2. The van der Waals surface area contributed by atoms with E-state index < -0.39 is 11.2 Å². The largest absolute Gasteiger partial charge is 0.393 e. The number of hydrogen-bond acceptors (Lipinski definition) is 5. The molecule has 9 nitrogen and oxygen atoms in total. The lowest BCUT2D eigenvalue weighted by atomic mass is 9.75. The first-order chi connectivity index (χ1) is 11.9. The highest BCUT2D eigenvalue weighted by molar-refractivity contribution is 5.76. The molecule has 1 atom stereocenters. The fourth-order valence-electron chi connectivity index (χ4n) is 3.06. The number of aryl methyl sites for hydroxylation is 2. The van der Waals surface area contributed by atoms with E-state index in [0.717, 1.165) is 5.56 Å². The summed E-state index contributed by atoms with van der Waals surface area (Å²) < 4.78 is 2.95. The molecule has 1 aliphatic rings. The van der Waals surface area contributed by atoms with E-state index in [4.69, 9.17) is 0 Å². The van der Waals surface area contributed by atoms with Crippen molar-refractivity contribution in [2.45, 2.75) is 38.0 Å². The van der Waals surface area contributed by atoms with Crippen molar-refractivity contribution in [3.05, 3.63) is 51.1 Å². The Morgan fingerprint density at radius 1 is 1.48 bits per heavy atom. The third-order valence-electron chi connectivity index (χ3n) is 4.50. The van der Waals surface area contributed by atoms with Gasteiger partial charge >= 0.3 is 5.69 Å². The Hall–Kier alpha value is -2.68. The number of carbonyl (C=O) groups is 1. The van der Waals surface area contributed by atoms with Gasteiger partial charge in [-0.05, 0) is 18.8 Å². The standard InChI is InChI=1S/C16H21N5O4/c1-20-9-11(8-17-20)15(10-6-12(22)7-10)18-13(23)2-4-21-5-3-14(24)19-16(21)25/h3,5,8-10,12,15,22H,2,4,6-7H2,1H3,(H,18,23)(H,19,24,25)/t10?,12?,15-/m0/s1. The van der Waals surface area contributed by atoms with E-state index >= 15 is 0 Å². The molecule has 1 aliphatic carbocycles. The number of rotatable bonds is 6. The average Bonchev–Trinajstić information content (AvgIpc) is 2.95. The van der Waals surface area contributed by atoms with Crippen LogP contribution in [0.25, 0.3) is 0 Å². The summed E-state index contributed by atoms with van der Waals surface area (Å²) in [6.07, 6.45) is 6.00. The normalized spacial score (nSPS) is 20.7. The van der Waals surface area contributed by atoms with Gasteiger partial charge in [-0.15, -0.1) is 0 Å². The van der Waals surface area contributed by atoms with Crippen LogP contribution < -0.4 is 16.6 Å². The summed E-state index contributed by atoms with van der Waals surface area (Å²) in [6, 6.07) is 1.03. The van der Waals surface area contributed by atoms with Crippen LogP contribution in [0.4, 0.5) is 0 Å². The maximum atomic E-state index is 12.3. The molecule has 2 heterocycles. The molecule has 1 fully saturated rings. The number of aromatic nitrogens is 4. The van der Waals surface area contributed by atoms with Crippen LogP contribution in [0.15, 0.2) is 34.2 Å². The number of aliphatic hydroxyl groups is 1. The molecular weight excluding hydrogens is 326 g/mol. The first kappa shape index (κ1) is 17.2. The Labute approximate surface area is 143 Å². The second-order valence-electron chi connectivity index (χ2n) is 6.43. The third-order valence-corrected chi connectivity index (χ3v) is 4.50. The van der Waals surface area contributed by atoms with E-state index in [2.05, 4.69) is 15.4 Å². The van der Waals surface area contributed by atoms with Crippen LogP contribution in [-0.4, -0.2) is 36.4 Å². The van der Waals surface area contributed by atoms with E-state index in [0.29, 0.717) is 12.8 Å². The van der Waals surface area contributed by atoms with Crippen LogP contribution in [0.1, 0.15) is 30.9 Å². The monoisotopic (exact) mass is 347 g/mol. The Balaban J connectivity index is 1.64. The number of nitrogens with zero attached hydrogens (tertiary/aromatic N) is 3. The van der Waals surface area contributed by atoms with Crippen molar-refractivity contribution in [1.29, 1.82) is 0 Å². The van der Waals surface area contributed by atoms with E-state index in [1.807, 2.05) is 6.20 Å². The predicted molar refractivity (Wildman–Crippen MR) is 88.8 cm³/mol. The molecule has 0 saturated heterocycles. The van der Waals surface area contributed by atoms with Crippen LogP contribution >= 0.6 is 0 Å². The van der Waals surface area contributed by atoms with Gasteiger partial charge in [0.2, 0.25) is 5.91 Å². The number of aromatic amines is 1. The maximum Gasteiger partial charge on any atom is 0.328 e. The number of aliphatic hydroxyl groups excluding tert-OH is 1. The zero-order valence-electron chi connectivity index (χ0n) is 13.9. The topological polar surface area (TPSA) is 122 Å². The van der Waals surface area contributed by atoms with Crippen LogP contribution in [-0.2, 0) is 18.4 Å². The Morgan fingerprint density at radius 2 is 2.24 bits per heavy atom. The van der Waals surface area contributed by atoms with Gasteiger partial charge in [-0.25, -0.2) is 4.79 Å². The lowest BCUT2D eigenvalue weighted by Crippen LogP contribution is -2.41. The second-order valence-corrected chi connectivity index (χ2v) is 6.43. The Kier molecular flexibility index (Phi) is 4.84. The number of H-pyrrole nitrogens is 1. The molecule has 3 rings (SSSR count). The molecule has 2 aromatic rings. The summed E-state index contributed by atoms with van der Waals surface area (Å²) in [5.41, 5.74) is -0.105. The van der Waals surface area contributed by atoms with Gasteiger partial charge in [0.25, 0.3) is 5.56 Å². The van der Waals surface area contributed by atoms with Gasteiger partial charge in [0.1, 0.15) is 0 Å². The molecule has 3 N–H and O–H groups in total. The third kappa shape index (κ3) is 4.05. The minimum absolute atomic E-state index is 0.109. The molecule has 1 amide bonds. The van der Waals surface area contributed by atoms with Gasteiger partial charge in [0.15, 0.2) is 0 Å². The highest BCUT2D eigenvalue weighted by Gasteiger charge is 2.36. The molecule has 0 spiro atoms. The van der Waals surface area contributed by atoms with E-state index in [1.165, 1.54) is 16.8 Å². The maximum absolute atomic E-state index is 12.3. The van der Waals surface area contributed by atoms with Crippen LogP contribution in [0, 0.1) is 5.92 Å². The quantitative estimate of drug-likeness (QED) is 0.637. The first-order valence-electron chi connectivity index (χ1n) is 8.18. The molecular formula is C16H21N5O4. The lowest BCUT2D eigenvalue weighted by molar-refractivity contribution is -0.123. The molecule has 0 radical (unpaired) electrons. The highest BCUT2D eigenvalue weighted by Crippen LogP contribution is 2.37. The van der Waals surface area contributed by atoms with Crippen molar-refractivity contribution in [2.24, 2.45) is 13.0 Å². The molecule has 0 aromatic carbocycles. The molecule has 2 aromatic heterocycles. The molecule has 25 heavy (non-hydrogen) atoms. The van der Waals surface area contributed by atoms with Crippen molar-refractivity contribution in [1.82, 2.24) is 24.6 Å². The summed E-state index contributed by atoms with van der Waals surface area (Å²) in [6.45, 7) is 0.175. The summed E-state index contributed by atoms with van der Waals surface area (Å²) in [7, 11) is 1.81. The Bertz CT molecular complexity index is 862. The minimum Gasteiger partial charge on any atom is -0.393 e. The van der Waals surface area contributed by atoms with Crippen molar-refractivity contribution in [3.63, 3.8) is 0 Å². The van der Waals surface area contributed by atoms with Gasteiger partial charge < -0.3 is 15.0 Å². The van der Waals surface area contributed by atoms with Crippen LogP contribution in [0.3, 0.4) is 0 Å². The molecule has 0 bridgehead atoms. The fraction of sp³-hybridized carbons (Fsp3) is 0.500. The summed E-state index contributed by atoms with van der Waals surface area (Å²) in [5.74, 6) is -0.0349. The highest BCUT2D eigenvalue weighted by atomic mass is 16.3. The van der Waals surface area contributed by atoms with Gasteiger partial charge in [0.05, 0.1) is 18.3 Å². The van der Waals surface area contributed by atoms with E-state index in [1.54, 1.807) is 17.9 Å². The van der Waals surface area contributed by atoms with E-state index in [-0.39, 0.29) is 36.9 Å². The van der Waals surface area contributed by atoms with Gasteiger partial charge in [-0.1, -0.05) is 0 Å². The van der Waals surface area contributed by atoms with Crippen molar-refractivity contribution in [2.75, 3.05) is 0 Å². The zero-order chi connectivity index (χ0) is 18.0. The summed E-state index contributed by atoms with van der Waals surface area (Å²) in [5, 5.41) is 16.7. The predicted octanol–water partition coefficient (Wildman–Crippen LogP) is -0.711.